The molecule has 0 saturated carbocycles. The number of allylic oxidation sites excluding steroid dienone is 6. The second-order valence-electron chi connectivity index (χ2n) is 14.7. The van der Waals surface area contributed by atoms with Crippen molar-refractivity contribution in [1.82, 2.24) is 0 Å². The second-order valence-corrected chi connectivity index (χ2v) is 16.2. The Bertz CT molecular complexity index is 1010. The van der Waals surface area contributed by atoms with Crippen LogP contribution in [0.5, 0.6) is 0 Å². The first-order valence-electron chi connectivity index (χ1n) is 21.9. The average Bonchev–Trinajstić information content (AvgIpc) is 3.17. The lowest BCUT2D eigenvalue weighted by Gasteiger charge is -2.20. The molecule has 0 amide bonds. The van der Waals surface area contributed by atoms with Crippen LogP contribution in [0.4, 0.5) is 0 Å². The van der Waals surface area contributed by atoms with Crippen LogP contribution in [0.2, 0.25) is 0 Å². The van der Waals surface area contributed by atoms with Gasteiger partial charge in [0.1, 0.15) is 12.7 Å². The zero-order valence-electron chi connectivity index (χ0n) is 34.9. The summed E-state index contributed by atoms with van der Waals surface area (Å²) in [7, 11) is -4.63. The molecule has 0 radical (unpaired) electrons. The molecule has 0 rings (SSSR count). The molecule has 0 fully saturated rings. The first-order chi connectivity index (χ1) is 26.7. The van der Waals surface area contributed by atoms with Crippen LogP contribution < -0.4 is 0 Å². The summed E-state index contributed by atoms with van der Waals surface area (Å²) in [5, 5.41) is 18.3. The fourth-order valence-corrected chi connectivity index (χ4v) is 6.68. The molecule has 0 spiro atoms. The van der Waals surface area contributed by atoms with Crippen LogP contribution in [0.3, 0.4) is 0 Å². The van der Waals surface area contributed by atoms with Crippen molar-refractivity contribution in [3.05, 3.63) is 36.5 Å². The molecule has 3 atom stereocenters. The van der Waals surface area contributed by atoms with Gasteiger partial charge in [-0.3, -0.25) is 18.6 Å². The molecule has 0 aromatic rings. The molecule has 0 aliphatic rings. The van der Waals surface area contributed by atoms with E-state index in [0.29, 0.717) is 19.3 Å². The summed E-state index contributed by atoms with van der Waals surface area (Å²) < 4.78 is 32.7. The molecule has 0 aliphatic carbocycles. The molecular weight excluding hydrogens is 719 g/mol. The maximum atomic E-state index is 12.6. The van der Waals surface area contributed by atoms with E-state index in [1.54, 1.807) is 0 Å². The Morgan fingerprint density at radius 3 is 1.47 bits per heavy atom. The van der Waals surface area contributed by atoms with Crippen molar-refractivity contribution in [2.75, 3.05) is 26.4 Å². The Morgan fingerprint density at radius 1 is 0.545 bits per heavy atom. The Morgan fingerprint density at radius 2 is 0.964 bits per heavy atom. The first-order valence-corrected chi connectivity index (χ1v) is 23.4. The van der Waals surface area contributed by atoms with Gasteiger partial charge in [-0.1, -0.05) is 172 Å². The van der Waals surface area contributed by atoms with Crippen LogP contribution in [0.1, 0.15) is 194 Å². The molecule has 11 heteroatoms. The zero-order valence-corrected chi connectivity index (χ0v) is 35.8. The van der Waals surface area contributed by atoms with Gasteiger partial charge in [0.25, 0.3) is 0 Å². The predicted molar refractivity (Wildman–Crippen MR) is 224 cm³/mol. The highest BCUT2D eigenvalue weighted by atomic mass is 31.2. The van der Waals surface area contributed by atoms with E-state index in [4.69, 9.17) is 19.1 Å². The predicted octanol–water partition coefficient (Wildman–Crippen LogP) is 11.6. The fraction of sp³-hybridized carbons (Fsp3) is 0.818. The van der Waals surface area contributed by atoms with E-state index in [-0.39, 0.29) is 19.4 Å². The minimum Gasteiger partial charge on any atom is -0.462 e. The van der Waals surface area contributed by atoms with E-state index in [9.17, 15) is 24.2 Å². The van der Waals surface area contributed by atoms with E-state index in [0.717, 1.165) is 38.5 Å². The number of unbranched alkanes of at least 4 members (excludes halogenated alkanes) is 21. The van der Waals surface area contributed by atoms with E-state index in [1.165, 1.54) is 109 Å². The summed E-state index contributed by atoms with van der Waals surface area (Å²) in [4.78, 5) is 34.9. The Hall–Kier alpha value is -1.81. The molecule has 0 bridgehead atoms. The van der Waals surface area contributed by atoms with Crippen LogP contribution in [-0.2, 0) is 32.7 Å². The summed E-state index contributed by atoms with van der Waals surface area (Å²) in [5.41, 5.74) is 0. The number of ether oxygens (including phenoxy) is 2. The fourth-order valence-electron chi connectivity index (χ4n) is 5.89. The molecular formula is C44H81O10P. The maximum Gasteiger partial charge on any atom is 0.472 e. The van der Waals surface area contributed by atoms with Crippen LogP contribution in [0, 0.1) is 0 Å². The minimum atomic E-state index is -4.63. The van der Waals surface area contributed by atoms with E-state index in [1.807, 2.05) is 6.08 Å². The summed E-state index contributed by atoms with van der Waals surface area (Å²) in [6, 6.07) is 0. The van der Waals surface area contributed by atoms with Gasteiger partial charge >= 0.3 is 19.8 Å². The van der Waals surface area contributed by atoms with Gasteiger partial charge in [0.2, 0.25) is 0 Å². The number of rotatable bonds is 41. The number of phosphoric acid groups is 1. The summed E-state index contributed by atoms with van der Waals surface area (Å²) in [6.45, 7) is 2.33. The van der Waals surface area contributed by atoms with Crippen LogP contribution in [-0.4, -0.2) is 65.7 Å². The highest BCUT2D eigenvalue weighted by Gasteiger charge is 2.27. The van der Waals surface area contributed by atoms with Gasteiger partial charge in [0, 0.05) is 12.8 Å². The highest BCUT2D eigenvalue weighted by molar-refractivity contribution is 7.47. The summed E-state index contributed by atoms with van der Waals surface area (Å²) in [6.07, 6.45) is 41.2. The van der Waals surface area contributed by atoms with Gasteiger partial charge in [-0.25, -0.2) is 4.57 Å². The van der Waals surface area contributed by atoms with Gasteiger partial charge < -0.3 is 24.6 Å². The van der Waals surface area contributed by atoms with Crippen LogP contribution in [0.15, 0.2) is 36.5 Å². The second kappa shape index (κ2) is 40.4. The van der Waals surface area contributed by atoms with Crippen molar-refractivity contribution in [3.8, 4) is 0 Å². The summed E-state index contributed by atoms with van der Waals surface area (Å²) >= 11 is 0. The number of hydrogen-bond donors (Lipinski definition) is 3. The number of hydrogen-bond acceptors (Lipinski definition) is 9. The molecule has 1 unspecified atom stereocenters. The normalized spacial score (nSPS) is 14.2. The molecule has 0 aromatic carbocycles. The number of carbonyl (C=O) groups excluding carboxylic acids is 2. The number of phosphoric ester groups is 1. The van der Waals surface area contributed by atoms with Gasteiger partial charge in [0.15, 0.2) is 6.10 Å². The van der Waals surface area contributed by atoms with Crippen molar-refractivity contribution in [2.24, 2.45) is 0 Å². The van der Waals surface area contributed by atoms with Crippen molar-refractivity contribution >= 4 is 19.8 Å². The number of aliphatic hydroxyl groups is 2. The standard InChI is InChI=1S/C44H81O10P/c1-3-5-7-9-11-13-15-17-19-20-22-24-26-28-30-32-34-36-44(48)54-42(40-53-55(49,50)52-38-41(46)37-45)39-51-43(47)35-33-31-29-27-25-23-21-18-16-14-12-10-8-6-4-2/h17,19,22,24,28,30,41-42,45-46H,3-16,18,20-21,23,25-27,29,31-40H2,1-2H3,(H,49,50)/b19-17+,24-22+,30-28+/t41-,42+/m0/s1. The Labute approximate surface area is 335 Å². The number of carbonyl (C=O) groups is 2. The number of esters is 2. The van der Waals surface area contributed by atoms with Crippen LogP contribution >= 0.6 is 7.82 Å². The largest absolute Gasteiger partial charge is 0.472 e. The van der Waals surface area contributed by atoms with Crippen LogP contribution in [0.25, 0.3) is 0 Å². The molecule has 0 aliphatic heterocycles. The van der Waals surface area contributed by atoms with Crippen molar-refractivity contribution in [3.63, 3.8) is 0 Å². The molecule has 55 heavy (non-hydrogen) atoms. The third-order valence-electron chi connectivity index (χ3n) is 9.30. The highest BCUT2D eigenvalue weighted by Crippen LogP contribution is 2.43. The molecule has 3 N–H and O–H groups in total. The van der Waals surface area contributed by atoms with E-state index < -0.39 is 51.8 Å². The Kier molecular flexibility index (Phi) is 39.1. The lowest BCUT2D eigenvalue weighted by Crippen LogP contribution is -2.29. The third kappa shape index (κ3) is 40.2. The first kappa shape index (κ1) is 53.2. The van der Waals surface area contributed by atoms with E-state index >= 15 is 0 Å². The molecule has 0 heterocycles. The lowest BCUT2D eigenvalue weighted by molar-refractivity contribution is -0.161. The van der Waals surface area contributed by atoms with Gasteiger partial charge in [0.05, 0.1) is 19.8 Å². The lowest BCUT2D eigenvalue weighted by atomic mass is 10.0. The quantitative estimate of drug-likeness (QED) is 0.0236. The van der Waals surface area contributed by atoms with Crippen molar-refractivity contribution in [1.29, 1.82) is 0 Å². The van der Waals surface area contributed by atoms with Gasteiger partial charge in [-0.15, -0.1) is 0 Å². The van der Waals surface area contributed by atoms with Crippen molar-refractivity contribution in [2.45, 2.75) is 206 Å². The van der Waals surface area contributed by atoms with Crippen molar-refractivity contribution < 1.29 is 47.8 Å². The monoisotopic (exact) mass is 801 g/mol. The zero-order chi connectivity index (χ0) is 40.5. The average molecular weight is 801 g/mol. The maximum absolute atomic E-state index is 12.6. The molecule has 322 valence electrons. The SMILES string of the molecule is CCCCCCCC/C=C/C/C=C/C/C=C/CCCC(=O)O[C@H](COC(=O)CCCCCCCCCCCCCCCCC)COP(=O)(O)OC[C@@H](O)CO. The van der Waals surface area contributed by atoms with Gasteiger partial charge in [-0.2, -0.15) is 0 Å². The van der Waals surface area contributed by atoms with Gasteiger partial charge in [-0.05, 0) is 44.9 Å². The summed E-state index contributed by atoms with van der Waals surface area (Å²) in [5.74, 6) is -0.980. The smallest absolute Gasteiger partial charge is 0.462 e. The molecule has 0 saturated heterocycles. The van der Waals surface area contributed by atoms with E-state index in [2.05, 4.69) is 48.8 Å². The Balaban J connectivity index is 4.37. The topological polar surface area (TPSA) is 149 Å². The molecule has 0 aromatic heterocycles. The molecule has 10 nitrogen and oxygen atoms in total. The number of aliphatic hydroxyl groups excluding tert-OH is 2. The minimum absolute atomic E-state index is 0.114. The third-order valence-corrected chi connectivity index (χ3v) is 10.2.